The number of rotatable bonds is 23. The lowest BCUT2D eigenvalue weighted by molar-refractivity contribution is -0.151. The Kier molecular flexibility index (Phi) is 18.0. The Balaban J connectivity index is 1.01. The van der Waals surface area contributed by atoms with Gasteiger partial charge in [-0.2, -0.15) is 0 Å². The van der Waals surface area contributed by atoms with Crippen LogP contribution in [0.5, 0.6) is 0 Å². The monoisotopic (exact) mass is 1110 g/mol. The van der Waals surface area contributed by atoms with Crippen molar-refractivity contribution in [2.24, 2.45) is 11.1 Å². The minimum Gasteiger partial charge on any atom is -0.391 e. The number of nitrogens with two attached hydrogens (primary N) is 1. The van der Waals surface area contributed by atoms with Gasteiger partial charge in [0.1, 0.15) is 17.4 Å². The fourth-order valence-electron chi connectivity index (χ4n) is 8.53. The molecule has 1 aromatic heterocycles. The van der Waals surface area contributed by atoms with Crippen molar-refractivity contribution in [2.45, 2.75) is 108 Å². The number of aromatic nitrogens is 1. The summed E-state index contributed by atoms with van der Waals surface area (Å²) < 4.78 is 58.8. The van der Waals surface area contributed by atoms with E-state index in [1.165, 1.54) is 28.4 Å². The summed E-state index contributed by atoms with van der Waals surface area (Å²) in [6, 6.07) is 11.9. The van der Waals surface area contributed by atoms with E-state index in [0.717, 1.165) is 41.1 Å². The topological polar surface area (TPSA) is 217 Å². The third kappa shape index (κ3) is 13.0. The normalized spacial score (nSPS) is 18.2. The van der Waals surface area contributed by atoms with Crippen LogP contribution in [0.3, 0.4) is 0 Å². The van der Waals surface area contributed by atoms with E-state index >= 15 is 0 Å². The number of thiazole rings is 1. The fourth-order valence-corrected chi connectivity index (χ4v) is 9.80. The third-order valence-electron chi connectivity index (χ3n) is 12.5. The molecule has 0 spiro atoms. The molecule has 1 aliphatic heterocycles. The minimum atomic E-state index is -2.08. The molecule has 21 heteroatoms. The molecule has 1 aliphatic carbocycles. The van der Waals surface area contributed by atoms with Crippen molar-refractivity contribution in [3.8, 4) is 10.4 Å². The average Bonchev–Trinajstić information content (AvgIpc) is 3.75. The van der Waals surface area contributed by atoms with Crippen LogP contribution < -0.4 is 32.5 Å². The van der Waals surface area contributed by atoms with Gasteiger partial charge in [0, 0.05) is 35.4 Å². The quantitative estimate of drug-likeness (QED) is 0.0178. The Bertz CT molecular complexity index is 2540. The predicted molar refractivity (Wildman–Crippen MR) is 265 cm³/mol. The van der Waals surface area contributed by atoms with Gasteiger partial charge in [-0.1, -0.05) is 51.5 Å². The zero-order valence-electron chi connectivity index (χ0n) is 39.4. The van der Waals surface area contributed by atoms with E-state index in [-0.39, 0.29) is 50.1 Å². The summed E-state index contributed by atoms with van der Waals surface area (Å²) in [5.41, 5.74) is 6.46. The molecule has 2 fully saturated rings. The molecular formula is C49H59F4IN8O7S. The van der Waals surface area contributed by atoms with Crippen molar-refractivity contribution < 1.29 is 51.5 Å². The van der Waals surface area contributed by atoms with E-state index in [2.05, 4.69) is 31.7 Å². The first kappa shape index (κ1) is 54.1. The second-order valence-corrected chi connectivity index (χ2v) is 20.9. The molecule has 0 bridgehead atoms. The molecule has 1 saturated heterocycles. The van der Waals surface area contributed by atoms with Gasteiger partial charge in [-0.3, -0.25) is 28.8 Å². The van der Waals surface area contributed by atoms with Crippen molar-refractivity contribution in [1.82, 2.24) is 31.3 Å². The lowest BCUT2D eigenvalue weighted by Gasteiger charge is -2.44. The maximum Gasteiger partial charge on any atom is 0.277 e. The highest BCUT2D eigenvalue weighted by atomic mass is 127. The smallest absolute Gasteiger partial charge is 0.277 e. The molecule has 4 atom stereocenters. The first-order valence-corrected chi connectivity index (χ1v) is 25.0. The molecule has 15 nitrogen and oxygen atoms in total. The van der Waals surface area contributed by atoms with E-state index in [0.29, 0.717) is 41.6 Å². The molecule has 378 valence electrons. The number of primary amides is 1. The van der Waals surface area contributed by atoms with E-state index in [4.69, 9.17) is 10.6 Å². The number of carbonyl (C=O) groups is 5. The van der Waals surface area contributed by atoms with Gasteiger partial charge in [-0.25, -0.2) is 28.0 Å². The van der Waals surface area contributed by atoms with Gasteiger partial charge >= 0.3 is 0 Å². The number of β-amino-alcohol motifs (C(OH)–C–C–N with tert-alkyl or cyclic N) is 1. The van der Waals surface area contributed by atoms with E-state index in [9.17, 15) is 46.6 Å². The van der Waals surface area contributed by atoms with E-state index in [1.807, 2.05) is 41.6 Å². The number of aliphatic hydroxyl groups is 1. The number of halogens is 5. The number of carbonyl (C=O) groups excluding carboxylic acids is 5. The minimum absolute atomic E-state index is 0.0271. The number of anilines is 2. The number of likely N-dealkylation sites (tertiary alicyclic amines) is 1. The molecule has 70 heavy (non-hydrogen) atoms. The predicted octanol–water partition coefficient (Wildman–Crippen LogP) is 6.84. The summed E-state index contributed by atoms with van der Waals surface area (Å²) in [5.74, 6) is -8.19. The number of aliphatic hydroxyl groups excluding tert-OH is 1. The van der Waals surface area contributed by atoms with Crippen LogP contribution in [0.2, 0.25) is 0 Å². The number of hydrogen-bond donors (Lipinski definition) is 7. The molecule has 8 N–H and O–H groups in total. The van der Waals surface area contributed by atoms with Gasteiger partial charge < -0.3 is 37.0 Å². The van der Waals surface area contributed by atoms with E-state index in [1.54, 1.807) is 44.5 Å². The van der Waals surface area contributed by atoms with Gasteiger partial charge in [0.25, 0.3) is 11.8 Å². The first-order chi connectivity index (χ1) is 33.2. The SMILES string of the molecule is Cc1ncsc1-c1ccc([C@H](CC(=O)NCCCCCNCCCONC(=O)c2ccc(F)c(F)c2Nc2ccc(I)cc2F)C2(C(N)=O)CC(O)CN2C(=O)C(NC(=O)C2(F)CC2)C(C)(C)C)cc1. The second-order valence-electron chi connectivity index (χ2n) is 18.8. The lowest BCUT2D eigenvalue weighted by Crippen LogP contribution is -2.65. The Morgan fingerprint density at radius 3 is 2.31 bits per heavy atom. The first-order valence-electron chi connectivity index (χ1n) is 23.1. The Hall–Kier alpha value is -5.23. The molecule has 1 saturated carbocycles. The van der Waals surface area contributed by atoms with Crippen LogP contribution >= 0.6 is 33.9 Å². The largest absolute Gasteiger partial charge is 0.391 e. The van der Waals surface area contributed by atoms with Crippen LogP contribution in [0.15, 0.2) is 60.1 Å². The molecule has 2 heterocycles. The Labute approximate surface area is 421 Å². The third-order valence-corrected chi connectivity index (χ3v) is 14.2. The van der Waals surface area contributed by atoms with Gasteiger partial charge in [-0.05, 0) is 122 Å². The van der Waals surface area contributed by atoms with Crippen LogP contribution in [-0.2, 0) is 24.0 Å². The number of benzene rings is 3. The van der Waals surface area contributed by atoms with Crippen LogP contribution in [-0.4, -0.2) is 101 Å². The van der Waals surface area contributed by atoms with E-state index < -0.39 is 87.4 Å². The molecule has 2 aliphatic rings. The van der Waals surface area contributed by atoms with Gasteiger partial charge in [0.2, 0.25) is 17.7 Å². The van der Waals surface area contributed by atoms with Crippen molar-refractivity contribution in [3.63, 3.8) is 0 Å². The fraction of sp³-hybridized carbons (Fsp3) is 0.469. The molecule has 6 rings (SSSR count). The highest BCUT2D eigenvalue weighted by molar-refractivity contribution is 14.1. The summed E-state index contributed by atoms with van der Waals surface area (Å²) >= 11 is 3.36. The summed E-state index contributed by atoms with van der Waals surface area (Å²) in [7, 11) is 0. The Morgan fingerprint density at radius 2 is 1.67 bits per heavy atom. The molecule has 4 aromatic rings. The van der Waals surface area contributed by atoms with Crippen molar-refractivity contribution in [3.05, 3.63) is 98.0 Å². The maximum absolute atomic E-state index is 14.9. The number of amides is 5. The van der Waals surface area contributed by atoms with Crippen LogP contribution in [0, 0.1) is 33.4 Å². The average molecular weight is 1110 g/mol. The van der Waals surface area contributed by atoms with Crippen molar-refractivity contribution in [1.29, 1.82) is 0 Å². The Morgan fingerprint density at radius 1 is 0.971 bits per heavy atom. The summed E-state index contributed by atoms with van der Waals surface area (Å²) in [4.78, 5) is 80.0. The number of aryl methyl sites for hydroxylation is 1. The lowest BCUT2D eigenvalue weighted by atomic mass is 9.73. The number of unbranched alkanes of at least 4 members (excludes halogenated alkanes) is 2. The molecular weight excluding hydrogens is 1050 g/mol. The van der Waals surface area contributed by atoms with Gasteiger partial charge in [-0.15, -0.1) is 11.3 Å². The molecule has 5 amide bonds. The molecule has 0 radical (unpaired) electrons. The zero-order chi connectivity index (χ0) is 51.0. The number of alkyl halides is 1. The highest BCUT2D eigenvalue weighted by Gasteiger charge is 2.60. The molecule has 3 aromatic carbocycles. The molecule has 3 unspecified atom stereocenters. The van der Waals surface area contributed by atoms with Crippen LogP contribution in [0.4, 0.5) is 28.9 Å². The van der Waals surface area contributed by atoms with Crippen molar-refractivity contribution in [2.75, 3.05) is 38.1 Å². The summed E-state index contributed by atoms with van der Waals surface area (Å²) in [6.45, 7) is 8.22. The number of nitrogens with one attached hydrogen (secondary N) is 5. The van der Waals surface area contributed by atoms with Crippen LogP contribution in [0.25, 0.3) is 10.4 Å². The van der Waals surface area contributed by atoms with Crippen LogP contribution in [0.1, 0.15) is 99.7 Å². The number of hydroxylamine groups is 1. The number of hydrogen-bond acceptors (Lipinski definition) is 11. The van der Waals surface area contributed by atoms with Gasteiger partial charge in [0.05, 0.1) is 45.7 Å². The summed E-state index contributed by atoms with van der Waals surface area (Å²) in [5, 5.41) is 22.5. The summed E-state index contributed by atoms with van der Waals surface area (Å²) in [6.07, 6.45) is 0.875. The zero-order valence-corrected chi connectivity index (χ0v) is 42.3. The maximum atomic E-state index is 14.9. The van der Waals surface area contributed by atoms with Crippen molar-refractivity contribution >= 4 is 74.8 Å². The number of nitrogens with zero attached hydrogens (tertiary/aromatic N) is 2. The standard InChI is InChI=1S/C49H59F4IN8O7S/c1-28-41(70-27-58-28)30-11-9-29(10-12-30)34(49(45(55)67)25-32(63)26-62(49)44(66)42(47(2,3)4)60-46(68)48(53)17-18-48)24-38(64)57-21-7-5-6-19-56-20-8-22-69-61-43(65)33-14-15-35(50)39(52)40(33)59-37-16-13-31(54)23-36(37)51/h9-16,23,27,32,34,42,56,59,63H,5-8,17-22,24-26H2,1-4H3,(H2,55,67)(H,57,64)(H,60,68)(H,61,65)/t32?,34-,42?,49?/m0/s1. The highest BCUT2D eigenvalue weighted by Crippen LogP contribution is 2.46. The van der Waals surface area contributed by atoms with Gasteiger partial charge in [0.15, 0.2) is 17.3 Å². The second kappa shape index (κ2) is 23.3.